The van der Waals surface area contributed by atoms with Crippen molar-refractivity contribution in [2.75, 3.05) is 19.7 Å². The molecule has 24 heavy (non-hydrogen) atoms. The minimum absolute atomic E-state index is 0.000932. The van der Waals surface area contributed by atoms with Gasteiger partial charge in [-0.15, -0.1) is 0 Å². The second-order valence-electron chi connectivity index (χ2n) is 7.31. The molecule has 130 valence electrons. The van der Waals surface area contributed by atoms with E-state index in [1.165, 1.54) is 0 Å². The summed E-state index contributed by atoms with van der Waals surface area (Å²) in [5.41, 5.74) is -0.275. The van der Waals surface area contributed by atoms with Crippen LogP contribution in [0.4, 0.5) is 0 Å². The molecule has 3 aliphatic rings. The second-order valence-corrected chi connectivity index (χ2v) is 7.31. The molecule has 1 aromatic rings. The standard InChI is InChI=1S/C18H24N2O4/c21-14-7-13(8-14)17(22)20-6-2-4-18(12-20)9-16(11-23-18)24-15-3-1-5-19-10-15/h1,3,5,10,13-14,16,21H,2,4,6-9,11-12H2/t13?,14?,16-,18-/m1/s1. The number of pyridine rings is 1. The molecule has 3 fully saturated rings. The van der Waals surface area contributed by atoms with Crippen molar-refractivity contribution < 1.29 is 19.4 Å². The molecule has 1 amide bonds. The maximum absolute atomic E-state index is 12.6. The molecule has 0 bridgehead atoms. The van der Waals surface area contributed by atoms with E-state index in [4.69, 9.17) is 9.47 Å². The molecule has 1 spiro atoms. The van der Waals surface area contributed by atoms with Crippen LogP contribution in [0.25, 0.3) is 0 Å². The molecule has 4 rings (SSSR count). The Morgan fingerprint density at radius 2 is 2.33 bits per heavy atom. The Labute approximate surface area is 141 Å². The number of carbonyl (C=O) groups excluding carboxylic acids is 1. The van der Waals surface area contributed by atoms with Crippen molar-refractivity contribution in [1.29, 1.82) is 0 Å². The largest absolute Gasteiger partial charge is 0.486 e. The van der Waals surface area contributed by atoms with Crippen LogP contribution in [0.1, 0.15) is 32.1 Å². The Morgan fingerprint density at radius 3 is 3.08 bits per heavy atom. The van der Waals surface area contributed by atoms with Gasteiger partial charge in [-0.1, -0.05) is 0 Å². The number of amides is 1. The molecule has 3 heterocycles. The van der Waals surface area contributed by atoms with Gasteiger partial charge < -0.3 is 19.5 Å². The van der Waals surface area contributed by atoms with Crippen LogP contribution in [0.2, 0.25) is 0 Å². The molecule has 6 heteroatoms. The zero-order valence-electron chi connectivity index (χ0n) is 13.8. The number of aromatic nitrogens is 1. The highest BCUT2D eigenvalue weighted by Gasteiger charge is 2.47. The predicted octanol–water partition coefficient (Wildman–Crippen LogP) is 1.38. The first-order valence-electron chi connectivity index (χ1n) is 8.81. The van der Waals surface area contributed by atoms with Gasteiger partial charge >= 0.3 is 0 Å². The van der Waals surface area contributed by atoms with Gasteiger partial charge in [0.2, 0.25) is 5.91 Å². The summed E-state index contributed by atoms with van der Waals surface area (Å²) in [5, 5.41) is 9.43. The van der Waals surface area contributed by atoms with Gasteiger partial charge in [-0.3, -0.25) is 9.78 Å². The summed E-state index contributed by atoms with van der Waals surface area (Å²) in [6, 6.07) is 3.76. The number of aliphatic hydroxyl groups excluding tert-OH is 1. The van der Waals surface area contributed by atoms with E-state index >= 15 is 0 Å². The van der Waals surface area contributed by atoms with Gasteiger partial charge in [-0.2, -0.15) is 0 Å². The van der Waals surface area contributed by atoms with Crippen LogP contribution in [0.15, 0.2) is 24.5 Å². The van der Waals surface area contributed by atoms with Gasteiger partial charge in [0.1, 0.15) is 11.9 Å². The molecule has 1 N–H and O–H groups in total. The molecule has 1 aliphatic carbocycles. The third-order valence-electron chi connectivity index (χ3n) is 5.43. The number of hydrogen-bond donors (Lipinski definition) is 1. The molecule has 2 aliphatic heterocycles. The summed E-state index contributed by atoms with van der Waals surface area (Å²) >= 11 is 0. The summed E-state index contributed by atoms with van der Waals surface area (Å²) in [4.78, 5) is 18.6. The van der Waals surface area contributed by atoms with Gasteiger partial charge in [-0.25, -0.2) is 0 Å². The number of nitrogens with zero attached hydrogens (tertiary/aromatic N) is 2. The first-order valence-corrected chi connectivity index (χ1v) is 8.81. The second kappa shape index (κ2) is 6.33. The first-order chi connectivity index (χ1) is 11.6. The molecule has 1 saturated carbocycles. The summed E-state index contributed by atoms with van der Waals surface area (Å²) < 4.78 is 12.1. The molecule has 0 aromatic carbocycles. The number of hydrogen-bond acceptors (Lipinski definition) is 5. The molecule has 0 unspecified atom stereocenters. The van der Waals surface area contributed by atoms with Crippen LogP contribution in [0, 0.1) is 5.92 Å². The molecule has 0 radical (unpaired) electrons. The lowest BCUT2D eigenvalue weighted by atomic mass is 9.80. The fourth-order valence-corrected chi connectivity index (χ4v) is 4.11. The number of piperidine rings is 1. The molecule has 1 aromatic heterocycles. The van der Waals surface area contributed by atoms with Crippen molar-refractivity contribution in [2.24, 2.45) is 5.92 Å². The molecule has 2 saturated heterocycles. The molecule has 2 atom stereocenters. The van der Waals surface area contributed by atoms with Crippen molar-refractivity contribution in [3.05, 3.63) is 24.5 Å². The highest BCUT2D eigenvalue weighted by molar-refractivity contribution is 5.80. The van der Waals surface area contributed by atoms with Crippen LogP contribution < -0.4 is 4.74 Å². The van der Waals surface area contributed by atoms with Crippen molar-refractivity contribution in [2.45, 2.75) is 49.9 Å². The molecular weight excluding hydrogens is 308 g/mol. The van der Waals surface area contributed by atoms with E-state index < -0.39 is 0 Å². The lowest BCUT2D eigenvalue weighted by Gasteiger charge is -2.42. The van der Waals surface area contributed by atoms with E-state index in [-0.39, 0.29) is 29.6 Å². The quantitative estimate of drug-likeness (QED) is 0.905. The van der Waals surface area contributed by atoms with Gasteiger partial charge in [0.25, 0.3) is 0 Å². The Balaban J connectivity index is 1.36. The minimum Gasteiger partial charge on any atom is -0.486 e. The van der Waals surface area contributed by atoms with Gasteiger partial charge in [0, 0.05) is 31.6 Å². The van der Waals surface area contributed by atoms with E-state index in [1.807, 2.05) is 17.0 Å². The summed E-state index contributed by atoms with van der Waals surface area (Å²) in [5.74, 6) is 0.939. The molecule has 6 nitrogen and oxygen atoms in total. The zero-order valence-corrected chi connectivity index (χ0v) is 13.8. The average Bonchev–Trinajstić information content (AvgIpc) is 2.94. The van der Waals surface area contributed by atoms with E-state index in [2.05, 4.69) is 4.98 Å². The van der Waals surface area contributed by atoms with Crippen molar-refractivity contribution in [3.8, 4) is 5.75 Å². The predicted molar refractivity (Wildman–Crippen MR) is 86.5 cm³/mol. The third-order valence-corrected chi connectivity index (χ3v) is 5.43. The van der Waals surface area contributed by atoms with Crippen molar-refractivity contribution >= 4 is 5.91 Å². The zero-order chi connectivity index (χ0) is 16.6. The van der Waals surface area contributed by atoms with E-state index in [0.29, 0.717) is 26.0 Å². The molecular formula is C18H24N2O4. The van der Waals surface area contributed by atoms with Crippen LogP contribution >= 0.6 is 0 Å². The fraction of sp³-hybridized carbons (Fsp3) is 0.667. The average molecular weight is 332 g/mol. The highest BCUT2D eigenvalue weighted by Crippen LogP contribution is 2.38. The number of ether oxygens (including phenoxy) is 2. The van der Waals surface area contributed by atoms with Crippen LogP contribution in [-0.4, -0.2) is 58.4 Å². The van der Waals surface area contributed by atoms with Crippen molar-refractivity contribution in [3.63, 3.8) is 0 Å². The first kappa shape index (κ1) is 15.8. The maximum Gasteiger partial charge on any atom is 0.225 e. The van der Waals surface area contributed by atoms with Crippen molar-refractivity contribution in [1.82, 2.24) is 9.88 Å². The normalized spacial score (nSPS) is 35.7. The Morgan fingerprint density at radius 1 is 1.46 bits per heavy atom. The fourth-order valence-electron chi connectivity index (χ4n) is 4.11. The number of carbonyl (C=O) groups is 1. The number of likely N-dealkylation sites (tertiary alicyclic amines) is 1. The monoisotopic (exact) mass is 332 g/mol. The smallest absolute Gasteiger partial charge is 0.225 e. The lowest BCUT2D eigenvalue weighted by Crippen LogP contribution is -2.53. The Hall–Kier alpha value is -1.66. The number of aliphatic hydroxyl groups is 1. The van der Waals surface area contributed by atoms with E-state index in [1.54, 1.807) is 12.4 Å². The summed E-state index contributed by atoms with van der Waals surface area (Å²) in [6.07, 6.45) is 7.10. The van der Waals surface area contributed by atoms with Crippen LogP contribution in [-0.2, 0) is 9.53 Å². The highest BCUT2D eigenvalue weighted by atomic mass is 16.6. The Bertz CT molecular complexity index is 590. The van der Waals surface area contributed by atoms with E-state index in [9.17, 15) is 9.90 Å². The summed E-state index contributed by atoms with van der Waals surface area (Å²) in [6.45, 7) is 2.00. The van der Waals surface area contributed by atoms with E-state index in [0.717, 1.165) is 31.6 Å². The minimum atomic E-state index is -0.294. The summed E-state index contributed by atoms with van der Waals surface area (Å²) in [7, 11) is 0. The van der Waals surface area contributed by atoms with Crippen LogP contribution in [0.5, 0.6) is 5.75 Å². The van der Waals surface area contributed by atoms with Gasteiger partial charge in [0.05, 0.1) is 24.5 Å². The van der Waals surface area contributed by atoms with Gasteiger partial charge in [-0.05, 0) is 37.8 Å². The Kier molecular flexibility index (Phi) is 4.18. The number of rotatable bonds is 3. The topological polar surface area (TPSA) is 71.9 Å². The third kappa shape index (κ3) is 3.13. The SMILES string of the molecule is O=C(C1CC(O)C1)N1CCC[C@@]2(C[C@@H](Oc3cccnc3)CO2)C1. The van der Waals surface area contributed by atoms with Crippen LogP contribution in [0.3, 0.4) is 0 Å². The van der Waals surface area contributed by atoms with Gasteiger partial charge in [0.15, 0.2) is 0 Å². The lowest BCUT2D eigenvalue weighted by molar-refractivity contribution is -0.150. The maximum atomic E-state index is 12.6.